The molecule has 3 atom stereocenters. The van der Waals surface area contributed by atoms with Gasteiger partial charge in [0.2, 0.25) is 5.91 Å². The van der Waals surface area contributed by atoms with E-state index in [-0.39, 0.29) is 0 Å². The van der Waals surface area contributed by atoms with Crippen molar-refractivity contribution in [3.8, 4) is 0 Å². The molecule has 2 heterocycles. The van der Waals surface area contributed by atoms with E-state index >= 15 is 0 Å². The molecule has 3 nitrogen and oxygen atoms in total. The summed E-state index contributed by atoms with van der Waals surface area (Å²) >= 11 is 0. The average molecular weight is 248 g/mol. The number of amides is 1. The number of hydrogen-bond acceptors (Lipinski definition) is 2. The van der Waals surface area contributed by atoms with Gasteiger partial charge in [0.1, 0.15) is 0 Å². The molecule has 0 aromatic rings. The molecule has 2 aliphatic heterocycles. The molecule has 0 radical (unpaired) electrons. The van der Waals surface area contributed by atoms with Crippen LogP contribution in [0.4, 0.5) is 0 Å². The van der Waals surface area contributed by atoms with Crippen LogP contribution in [-0.4, -0.2) is 36.0 Å². The fourth-order valence-electron chi connectivity index (χ4n) is 3.77. The van der Waals surface area contributed by atoms with E-state index in [9.17, 15) is 4.79 Å². The van der Waals surface area contributed by atoms with Crippen molar-refractivity contribution in [2.45, 2.75) is 57.0 Å². The summed E-state index contributed by atoms with van der Waals surface area (Å²) in [7, 11) is 0. The standard InChI is InChI=1S/C15H24N2O/c18-15(11-12-5-1-2-6-12)17-10-4-8-14(17)13-7-3-9-16-13/h1,5,12-14,16H,2-4,6-11H2. The Balaban J connectivity index is 1.59. The highest BCUT2D eigenvalue weighted by atomic mass is 16.2. The van der Waals surface area contributed by atoms with Crippen LogP contribution in [0.3, 0.4) is 0 Å². The highest BCUT2D eigenvalue weighted by Gasteiger charge is 2.36. The van der Waals surface area contributed by atoms with E-state index in [4.69, 9.17) is 0 Å². The van der Waals surface area contributed by atoms with Gasteiger partial charge in [0.25, 0.3) is 0 Å². The average Bonchev–Trinajstić information content (AvgIpc) is 3.11. The van der Waals surface area contributed by atoms with Crippen LogP contribution in [0.15, 0.2) is 12.2 Å². The number of nitrogens with one attached hydrogen (secondary N) is 1. The van der Waals surface area contributed by atoms with E-state index in [1.807, 2.05) is 0 Å². The van der Waals surface area contributed by atoms with Gasteiger partial charge in [-0.3, -0.25) is 4.79 Å². The Morgan fingerprint density at radius 3 is 2.94 bits per heavy atom. The molecule has 1 amide bonds. The number of carbonyl (C=O) groups excluding carboxylic acids is 1. The van der Waals surface area contributed by atoms with Crippen molar-refractivity contribution in [1.82, 2.24) is 10.2 Å². The Kier molecular flexibility index (Phi) is 3.69. The Morgan fingerprint density at radius 1 is 1.28 bits per heavy atom. The Morgan fingerprint density at radius 2 is 2.22 bits per heavy atom. The Labute approximate surface area is 110 Å². The van der Waals surface area contributed by atoms with E-state index in [1.54, 1.807) is 0 Å². The summed E-state index contributed by atoms with van der Waals surface area (Å²) in [6, 6.07) is 1.04. The summed E-state index contributed by atoms with van der Waals surface area (Å²) in [5, 5.41) is 3.57. The second-order valence-electron chi connectivity index (χ2n) is 5.97. The molecular weight excluding hydrogens is 224 g/mol. The molecule has 0 bridgehead atoms. The number of hydrogen-bond donors (Lipinski definition) is 1. The second kappa shape index (κ2) is 5.43. The normalized spacial score (nSPS) is 35.6. The monoisotopic (exact) mass is 248 g/mol. The van der Waals surface area contributed by atoms with Crippen molar-refractivity contribution in [2.75, 3.05) is 13.1 Å². The van der Waals surface area contributed by atoms with Crippen LogP contribution in [0.1, 0.15) is 44.9 Å². The fraction of sp³-hybridized carbons (Fsp3) is 0.800. The van der Waals surface area contributed by atoms with Crippen LogP contribution in [-0.2, 0) is 4.79 Å². The molecular formula is C15H24N2O. The van der Waals surface area contributed by atoms with Gasteiger partial charge in [0.05, 0.1) is 0 Å². The van der Waals surface area contributed by atoms with Gasteiger partial charge in [0, 0.05) is 25.0 Å². The third-order valence-corrected chi connectivity index (χ3v) is 4.73. The summed E-state index contributed by atoms with van der Waals surface area (Å²) in [5.41, 5.74) is 0. The van der Waals surface area contributed by atoms with Crippen LogP contribution < -0.4 is 5.32 Å². The lowest BCUT2D eigenvalue weighted by Crippen LogP contribution is -2.46. The quantitative estimate of drug-likeness (QED) is 0.776. The highest BCUT2D eigenvalue weighted by Crippen LogP contribution is 2.28. The van der Waals surface area contributed by atoms with E-state index in [0.717, 1.165) is 25.9 Å². The Hall–Kier alpha value is -0.830. The van der Waals surface area contributed by atoms with Crippen molar-refractivity contribution in [3.05, 3.63) is 12.2 Å². The summed E-state index contributed by atoms with van der Waals surface area (Å²) < 4.78 is 0. The SMILES string of the molecule is O=C(CC1C=CCC1)N1CCCC1C1CCCN1. The molecule has 3 rings (SSSR count). The number of carbonyl (C=O) groups is 1. The van der Waals surface area contributed by atoms with E-state index in [2.05, 4.69) is 22.4 Å². The first-order chi connectivity index (χ1) is 8.84. The van der Waals surface area contributed by atoms with Gasteiger partial charge in [0.15, 0.2) is 0 Å². The van der Waals surface area contributed by atoms with Crippen molar-refractivity contribution in [1.29, 1.82) is 0 Å². The Bertz CT molecular complexity index is 333. The molecule has 0 aromatic carbocycles. The fourth-order valence-corrected chi connectivity index (χ4v) is 3.77. The zero-order valence-corrected chi connectivity index (χ0v) is 11.1. The van der Waals surface area contributed by atoms with Crippen LogP contribution in [0.25, 0.3) is 0 Å². The van der Waals surface area contributed by atoms with E-state index < -0.39 is 0 Å². The molecule has 0 saturated carbocycles. The van der Waals surface area contributed by atoms with Gasteiger partial charge in [-0.2, -0.15) is 0 Å². The molecule has 3 unspecified atom stereocenters. The van der Waals surface area contributed by atoms with Crippen LogP contribution in [0.5, 0.6) is 0 Å². The summed E-state index contributed by atoms with van der Waals surface area (Å²) in [6.07, 6.45) is 12.4. The smallest absolute Gasteiger partial charge is 0.223 e. The maximum atomic E-state index is 12.4. The van der Waals surface area contributed by atoms with Gasteiger partial charge >= 0.3 is 0 Å². The van der Waals surface area contributed by atoms with Crippen LogP contribution in [0.2, 0.25) is 0 Å². The zero-order valence-electron chi connectivity index (χ0n) is 11.1. The third kappa shape index (κ3) is 2.46. The number of rotatable bonds is 3. The molecule has 0 spiro atoms. The molecule has 3 heteroatoms. The first-order valence-corrected chi connectivity index (χ1v) is 7.54. The summed E-state index contributed by atoms with van der Waals surface area (Å²) in [6.45, 7) is 2.12. The molecule has 2 saturated heterocycles. The lowest BCUT2D eigenvalue weighted by atomic mass is 10.0. The van der Waals surface area contributed by atoms with E-state index in [1.165, 1.54) is 32.1 Å². The van der Waals surface area contributed by atoms with Crippen molar-refractivity contribution >= 4 is 5.91 Å². The van der Waals surface area contributed by atoms with Crippen molar-refractivity contribution < 1.29 is 4.79 Å². The molecule has 100 valence electrons. The number of likely N-dealkylation sites (tertiary alicyclic amines) is 1. The van der Waals surface area contributed by atoms with Gasteiger partial charge in [-0.15, -0.1) is 0 Å². The lowest BCUT2D eigenvalue weighted by Gasteiger charge is -2.30. The minimum atomic E-state index is 0.391. The largest absolute Gasteiger partial charge is 0.338 e. The second-order valence-corrected chi connectivity index (χ2v) is 5.97. The maximum absolute atomic E-state index is 12.4. The lowest BCUT2D eigenvalue weighted by molar-refractivity contribution is -0.133. The zero-order chi connectivity index (χ0) is 12.4. The highest BCUT2D eigenvalue weighted by molar-refractivity contribution is 5.77. The molecule has 0 aromatic heterocycles. The van der Waals surface area contributed by atoms with Gasteiger partial charge < -0.3 is 10.2 Å². The van der Waals surface area contributed by atoms with Gasteiger partial charge in [-0.1, -0.05) is 12.2 Å². The first kappa shape index (κ1) is 12.2. The minimum Gasteiger partial charge on any atom is -0.338 e. The predicted octanol–water partition coefficient (Wildman–Crippen LogP) is 2.09. The predicted molar refractivity (Wildman–Crippen MR) is 72.2 cm³/mol. The molecule has 3 aliphatic rings. The maximum Gasteiger partial charge on any atom is 0.223 e. The van der Waals surface area contributed by atoms with Crippen molar-refractivity contribution in [3.63, 3.8) is 0 Å². The van der Waals surface area contributed by atoms with Crippen LogP contribution >= 0.6 is 0 Å². The van der Waals surface area contributed by atoms with E-state index in [0.29, 0.717) is 23.9 Å². The summed E-state index contributed by atoms with van der Waals surface area (Å²) in [4.78, 5) is 14.6. The van der Waals surface area contributed by atoms with Crippen molar-refractivity contribution in [2.24, 2.45) is 5.92 Å². The number of allylic oxidation sites excluding steroid dienone is 2. The minimum absolute atomic E-state index is 0.391. The topological polar surface area (TPSA) is 32.3 Å². The number of nitrogens with zero attached hydrogens (tertiary/aromatic N) is 1. The van der Waals surface area contributed by atoms with Crippen LogP contribution in [0, 0.1) is 5.92 Å². The molecule has 18 heavy (non-hydrogen) atoms. The molecule has 1 aliphatic carbocycles. The molecule has 1 N–H and O–H groups in total. The van der Waals surface area contributed by atoms with Gasteiger partial charge in [-0.05, 0) is 51.0 Å². The first-order valence-electron chi connectivity index (χ1n) is 7.54. The van der Waals surface area contributed by atoms with Gasteiger partial charge in [-0.25, -0.2) is 0 Å². The third-order valence-electron chi connectivity index (χ3n) is 4.73. The molecule has 2 fully saturated rings. The summed E-state index contributed by atoms with van der Waals surface area (Å²) in [5.74, 6) is 0.901.